The van der Waals surface area contributed by atoms with E-state index in [1.807, 2.05) is 9.47 Å². The van der Waals surface area contributed by atoms with Crippen LogP contribution in [0.15, 0.2) is 12.1 Å². The van der Waals surface area contributed by atoms with Crippen LogP contribution in [-0.2, 0) is 30.6 Å². The molecule has 0 bridgehead atoms. The van der Waals surface area contributed by atoms with Gasteiger partial charge in [0.25, 0.3) is 0 Å². The van der Waals surface area contributed by atoms with Crippen LogP contribution in [0.25, 0.3) is 11.2 Å². The van der Waals surface area contributed by atoms with Crippen LogP contribution in [0.3, 0.4) is 0 Å². The second-order valence-corrected chi connectivity index (χ2v) is 10.4. The Morgan fingerprint density at radius 3 is 2.79 bits per heavy atom. The van der Waals surface area contributed by atoms with Crippen LogP contribution in [0.1, 0.15) is 55.1 Å². The molecule has 33 heavy (non-hydrogen) atoms. The molecule has 0 spiro atoms. The SMILES string of the molecule is CC(=O)N1CCC(CCCn2c(Cc3cc4c(cc3I)CCC4)nc3c(N)nc(F)nc32)C1. The third-order valence-corrected chi connectivity index (χ3v) is 8.01. The number of fused-ring (bicyclic) bond motifs is 2. The van der Waals surface area contributed by atoms with Crippen LogP contribution < -0.4 is 5.73 Å². The molecule has 1 aliphatic heterocycles. The number of hydrogen-bond donors (Lipinski definition) is 1. The maximum atomic E-state index is 14.0. The average molecular weight is 562 g/mol. The summed E-state index contributed by atoms with van der Waals surface area (Å²) in [5, 5.41) is 0. The number of aromatic nitrogens is 4. The normalized spacial score (nSPS) is 17.8. The molecule has 1 aliphatic carbocycles. The molecule has 1 aromatic carbocycles. The molecule has 0 saturated carbocycles. The second kappa shape index (κ2) is 9.15. The van der Waals surface area contributed by atoms with Crippen molar-refractivity contribution in [3.8, 4) is 0 Å². The maximum Gasteiger partial charge on any atom is 0.312 e. The lowest BCUT2D eigenvalue weighted by Crippen LogP contribution is -2.25. The van der Waals surface area contributed by atoms with Crippen molar-refractivity contribution < 1.29 is 9.18 Å². The molecule has 0 radical (unpaired) electrons. The topological polar surface area (TPSA) is 89.9 Å². The molecule has 5 rings (SSSR count). The van der Waals surface area contributed by atoms with Gasteiger partial charge < -0.3 is 15.2 Å². The average Bonchev–Trinajstić information content (AvgIpc) is 3.48. The van der Waals surface area contributed by atoms with Crippen molar-refractivity contribution in [2.45, 2.75) is 58.4 Å². The first-order valence-corrected chi connectivity index (χ1v) is 12.7. The number of nitrogens with zero attached hydrogens (tertiary/aromatic N) is 5. The molecule has 7 nitrogen and oxygen atoms in total. The van der Waals surface area contributed by atoms with E-state index < -0.39 is 6.08 Å². The molecule has 174 valence electrons. The van der Waals surface area contributed by atoms with E-state index in [4.69, 9.17) is 10.7 Å². The monoisotopic (exact) mass is 562 g/mol. The van der Waals surface area contributed by atoms with Crippen LogP contribution >= 0.6 is 22.6 Å². The molecular weight excluding hydrogens is 534 g/mol. The van der Waals surface area contributed by atoms with Gasteiger partial charge in [-0.2, -0.15) is 14.4 Å². The van der Waals surface area contributed by atoms with Gasteiger partial charge in [-0.25, -0.2) is 4.98 Å². The quantitative estimate of drug-likeness (QED) is 0.364. The Balaban J connectivity index is 1.41. The number of carbonyl (C=O) groups is 1. The summed E-state index contributed by atoms with van der Waals surface area (Å²) in [4.78, 5) is 26.0. The molecule has 2 aromatic heterocycles. The summed E-state index contributed by atoms with van der Waals surface area (Å²) in [6.45, 7) is 3.97. The first-order valence-electron chi connectivity index (χ1n) is 11.6. The smallest absolute Gasteiger partial charge is 0.312 e. The first kappa shape index (κ1) is 22.5. The van der Waals surface area contributed by atoms with E-state index in [9.17, 15) is 9.18 Å². The minimum atomic E-state index is -0.826. The van der Waals surface area contributed by atoms with Crippen molar-refractivity contribution in [2.24, 2.45) is 5.92 Å². The summed E-state index contributed by atoms with van der Waals surface area (Å²) in [7, 11) is 0. The van der Waals surface area contributed by atoms with Crippen molar-refractivity contribution in [3.05, 3.63) is 44.3 Å². The molecule has 1 atom stereocenters. The number of carbonyl (C=O) groups excluding carboxylic acids is 1. The lowest BCUT2D eigenvalue weighted by Gasteiger charge is -2.15. The summed E-state index contributed by atoms with van der Waals surface area (Å²) < 4.78 is 17.3. The van der Waals surface area contributed by atoms with E-state index in [-0.39, 0.29) is 11.7 Å². The van der Waals surface area contributed by atoms with Crippen LogP contribution in [-0.4, -0.2) is 43.4 Å². The molecule has 9 heteroatoms. The molecule has 2 aliphatic rings. The van der Waals surface area contributed by atoms with Crippen LogP contribution in [0.5, 0.6) is 0 Å². The van der Waals surface area contributed by atoms with Gasteiger partial charge in [-0.15, -0.1) is 0 Å². The Labute approximate surface area is 206 Å². The lowest BCUT2D eigenvalue weighted by molar-refractivity contribution is -0.127. The van der Waals surface area contributed by atoms with Crippen LogP contribution in [0, 0.1) is 15.6 Å². The van der Waals surface area contributed by atoms with E-state index in [0.717, 1.165) is 51.0 Å². The molecule has 1 unspecified atom stereocenters. The van der Waals surface area contributed by atoms with Crippen LogP contribution in [0.2, 0.25) is 0 Å². The summed E-state index contributed by atoms with van der Waals surface area (Å²) in [6.07, 6.45) is 6.24. The molecule has 3 heterocycles. The predicted octanol–water partition coefficient (Wildman–Crippen LogP) is 3.88. The van der Waals surface area contributed by atoms with Gasteiger partial charge in [-0.05, 0) is 89.8 Å². The highest BCUT2D eigenvalue weighted by atomic mass is 127. The zero-order valence-electron chi connectivity index (χ0n) is 18.8. The van der Waals surface area contributed by atoms with Gasteiger partial charge >= 0.3 is 6.08 Å². The first-order chi connectivity index (χ1) is 15.9. The summed E-state index contributed by atoms with van der Waals surface area (Å²) in [5.41, 5.74) is 11.0. The number of nitrogen functional groups attached to an aromatic ring is 1. The maximum absolute atomic E-state index is 14.0. The zero-order chi connectivity index (χ0) is 23.1. The van der Waals surface area contributed by atoms with Crippen molar-refractivity contribution in [1.82, 2.24) is 24.4 Å². The number of likely N-dealkylation sites (tertiary alicyclic amines) is 1. The standard InChI is InChI=1S/C24H28FIN6O/c1-14(33)31-9-7-15(13-31)4-3-8-32-20(28-21-22(27)29-24(25)30-23(21)32)12-18-10-16-5-2-6-17(16)11-19(18)26/h10-11,15H,2-9,12-13H2,1H3,(H2,27,29,30). The fourth-order valence-corrected chi connectivity index (χ4v) is 5.97. The zero-order valence-corrected chi connectivity index (χ0v) is 20.9. The summed E-state index contributed by atoms with van der Waals surface area (Å²) in [5.74, 6) is 1.56. The fourth-order valence-electron chi connectivity index (χ4n) is 5.25. The second-order valence-electron chi connectivity index (χ2n) is 9.23. The third kappa shape index (κ3) is 4.56. The minimum Gasteiger partial charge on any atom is -0.382 e. The number of hydrogen-bond acceptors (Lipinski definition) is 5. The lowest BCUT2D eigenvalue weighted by atomic mass is 10.0. The van der Waals surface area contributed by atoms with Gasteiger partial charge in [0, 0.05) is 36.5 Å². The number of nitrogens with two attached hydrogens (primary N) is 1. The van der Waals surface area contributed by atoms with Crippen molar-refractivity contribution in [3.63, 3.8) is 0 Å². The van der Waals surface area contributed by atoms with E-state index in [2.05, 4.69) is 44.7 Å². The van der Waals surface area contributed by atoms with Gasteiger partial charge in [0.2, 0.25) is 5.91 Å². The van der Waals surface area contributed by atoms with Gasteiger partial charge in [-0.1, -0.05) is 6.07 Å². The number of imidazole rings is 1. The number of halogens is 2. The number of rotatable bonds is 6. The van der Waals surface area contributed by atoms with E-state index >= 15 is 0 Å². The van der Waals surface area contributed by atoms with Gasteiger partial charge in [0.1, 0.15) is 5.82 Å². The minimum absolute atomic E-state index is 0.0778. The highest BCUT2D eigenvalue weighted by Gasteiger charge is 2.24. The highest BCUT2D eigenvalue weighted by Crippen LogP contribution is 2.29. The summed E-state index contributed by atoms with van der Waals surface area (Å²) in [6, 6.07) is 4.60. The number of amides is 1. The van der Waals surface area contributed by atoms with Crippen molar-refractivity contribution >= 4 is 45.5 Å². The fraction of sp³-hybridized carbons (Fsp3) is 0.500. The van der Waals surface area contributed by atoms with E-state index in [1.54, 1.807) is 6.92 Å². The highest BCUT2D eigenvalue weighted by molar-refractivity contribution is 14.1. The third-order valence-electron chi connectivity index (χ3n) is 7.01. The number of benzene rings is 1. The Bertz CT molecular complexity index is 1230. The predicted molar refractivity (Wildman–Crippen MR) is 133 cm³/mol. The van der Waals surface area contributed by atoms with Gasteiger partial charge in [0.05, 0.1) is 0 Å². The molecule has 2 N–H and O–H groups in total. The molecule has 3 aromatic rings. The Morgan fingerprint density at radius 1 is 1.24 bits per heavy atom. The van der Waals surface area contributed by atoms with Crippen LogP contribution in [0.4, 0.5) is 10.2 Å². The molecular formula is C24H28FIN6O. The van der Waals surface area contributed by atoms with E-state index in [1.165, 1.54) is 26.7 Å². The van der Waals surface area contributed by atoms with Gasteiger partial charge in [-0.3, -0.25) is 4.79 Å². The molecule has 1 saturated heterocycles. The largest absolute Gasteiger partial charge is 0.382 e. The molecule has 1 fully saturated rings. The Hall–Kier alpha value is -2.30. The Kier molecular flexibility index (Phi) is 6.24. The summed E-state index contributed by atoms with van der Waals surface area (Å²) >= 11 is 2.40. The van der Waals surface area contributed by atoms with Crippen molar-refractivity contribution in [1.29, 1.82) is 0 Å². The number of aryl methyl sites for hydroxylation is 3. The van der Waals surface area contributed by atoms with Crippen molar-refractivity contribution in [2.75, 3.05) is 18.8 Å². The van der Waals surface area contributed by atoms with Gasteiger partial charge in [0.15, 0.2) is 17.0 Å². The van der Waals surface area contributed by atoms with E-state index in [0.29, 0.717) is 30.0 Å². The Morgan fingerprint density at radius 2 is 2.03 bits per heavy atom. The number of anilines is 1. The molecule has 1 amide bonds.